The summed E-state index contributed by atoms with van der Waals surface area (Å²) in [6.07, 6.45) is 9.39. The van der Waals surface area contributed by atoms with Gasteiger partial charge < -0.3 is 14.6 Å². The van der Waals surface area contributed by atoms with Gasteiger partial charge in [0.15, 0.2) is 0 Å². The van der Waals surface area contributed by atoms with Gasteiger partial charge >= 0.3 is 0 Å². The van der Waals surface area contributed by atoms with Crippen LogP contribution in [-0.2, 0) is 18.3 Å². The number of likely N-dealkylation sites (tertiary alicyclic amines) is 1. The van der Waals surface area contributed by atoms with Gasteiger partial charge in [-0.25, -0.2) is 4.98 Å². The molecule has 1 amide bonds. The molecule has 2 aromatic rings. The Bertz CT molecular complexity index is 679. The first kappa shape index (κ1) is 16.7. The molecule has 0 saturated carbocycles. The molecule has 2 aromatic heterocycles. The van der Waals surface area contributed by atoms with Gasteiger partial charge in [-0.05, 0) is 31.7 Å². The number of carbonyl (C=O) groups is 1. The summed E-state index contributed by atoms with van der Waals surface area (Å²) in [5.74, 6) is 0.150. The van der Waals surface area contributed by atoms with E-state index in [1.54, 1.807) is 17.2 Å². The van der Waals surface area contributed by atoms with E-state index < -0.39 is 6.10 Å². The molecule has 1 fully saturated rings. The van der Waals surface area contributed by atoms with Crippen LogP contribution in [0.5, 0.6) is 0 Å². The Morgan fingerprint density at radius 3 is 2.83 bits per heavy atom. The molecule has 1 aliphatic rings. The van der Waals surface area contributed by atoms with Gasteiger partial charge in [0.2, 0.25) is 5.91 Å². The van der Waals surface area contributed by atoms with E-state index in [0.717, 1.165) is 17.7 Å². The maximum absolute atomic E-state index is 12.5. The lowest BCUT2D eigenvalue weighted by Gasteiger charge is -2.21. The van der Waals surface area contributed by atoms with Crippen LogP contribution < -0.4 is 0 Å². The predicted octanol–water partition coefficient (Wildman–Crippen LogP) is 1.08. The number of aliphatic hydroxyl groups excluding tert-OH is 1. The predicted molar refractivity (Wildman–Crippen MR) is 89.4 cm³/mol. The van der Waals surface area contributed by atoms with Crippen molar-refractivity contribution in [1.82, 2.24) is 24.2 Å². The van der Waals surface area contributed by atoms with Crippen molar-refractivity contribution in [1.29, 1.82) is 0 Å². The van der Waals surface area contributed by atoms with Crippen LogP contribution in [0.1, 0.15) is 36.6 Å². The maximum Gasteiger partial charge on any atom is 0.222 e. The van der Waals surface area contributed by atoms with Gasteiger partial charge in [0.1, 0.15) is 0 Å². The van der Waals surface area contributed by atoms with Gasteiger partial charge in [-0.1, -0.05) is 0 Å². The molecule has 0 unspecified atom stereocenters. The highest BCUT2D eigenvalue weighted by Crippen LogP contribution is 2.23. The van der Waals surface area contributed by atoms with Crippen molar-refractivity contribution in [3.8, 4) is 0 Å². The van der Waals surface area contributed by atoms with Gasteiger partial charge in [0.05, 0.1) is 24.2 Å². The first-order valence-electron chi connectivity index (χ1n) is 8.47. The average Bonchev–Trinajstić information content (AvgIpc) is 3.13. The standard InChI is InChI=1S/C17H25N5O2/c1-13-14(11-20(2)19-13)3-4-17(24)21-8-5-15(16(23)6-9-21)22-10-7-18-12-22/h7,10-12,15-16,23H,3-6,8-9H2,1-2H3/t15-,16-/m0/s1. The van der Waals surface area contributed by atoms with Gasteiger partial charge in [-0.15, -0.1) is 0 Å². The summed E-state index contributed by atoms with van der Waals surface area (Å²) in [6.45, 7) is 3.25. The van der Waals surface area contributed by atoms with Crippen molar-refractivity contribution in [2.75, 3.05) is 13.1 Å². The van der Waals surface area contributed by atoms with E-state index >= 15 is 0 Å². The molecule has 1 saturated heterocycles. The molecule has 7 nitrogen and oxygen atoms in total. The van der Waals surface area contributed by atoms with Gasteiger partial charge in [-0.2, -0.15) is 5.10 Å². The minimum absolute atomic E-state index is 0.00846. The normalized spacial score (nSPS) is 21.7. The number of aliphatic hydroxyl groups is 1. The zero-order valence-electron chi connectivity index (χ0n) is 14.3. The summed E-state index contributed by atoms with van der Waals surface area (Å²) in [7, 11) is 1.89. The monoisotopic (exact) mass is 331 g/mol. The minimum Gasteiger partial charge on any atom is -0.391 e. The number of aromatic nitrogens is 4. The quantitative estimate of drug-likeness (QED) is 0.910. The highest BCUT2D eigenvalue weighted by Gasteiger charge is 2.27. The van der Waals surface area contributed by atoms with Crippen molar-refractivity contribution >= 4 is 5.91 Å². The summed E-state index contributed by atoms with van der Waals surface area (Å²) in [4.78, 5) is 18.5. The molecule has 2 atom stereocenters. The summed E-state index contributed by atoms with van der Waals surface area (Å²) in [5, 5.41) is 14.7. The third-order valence-corrected chi connectivity index (χ3v) is 4.82. The van der Waals surface area contributed by atoms with Crippen LogP contribution in [0.3, 0.4) is 0 Å². The number of nitrogens with zero attached hydrogens (tertiary/aromatic N) is 5. The fourth-order valence-electron chi connectivity index (χ4n) is 3.43. The summed E-state index contributed by atoms with van der Waals surface area (Å²) < 4.78 is 3.73. The molecule has 0 spiro atoms. The summed E-state index contributed by atoms with van der Waals surface area (Å²) in [5.41, 5.74) is 2.11. The Balaban J connectivity index is 1.57. The van der Waals surface area contributed by atoms with Crippen LogP contribution in [-0.4, -0.2) is 54.4 Å². The SMILES string of the molecule is Cc1nn(C)cc1CCC(=O)N1CC[C@H](O)[C@@H](n2ccnc2)CC1. The molecule has 3 heterocycles. The topological polar surface area (TPSA) is 76.2 Å². The third-order valence-electron chi connectivity index (χ3n) is 4.82. The first-order valence-corrected chi connectivity index (χ1v) is 8.47. The van der Waals surface area contributed by atoms with E-state index in [4.69, 9.17) is 0 Å². The fourth-order valence-corrected chi connectivity index (χ4v) is 3.43. The molecule has 0 aliphatic carbocycles. The number of aryl methyl sites for hydroxylation is 3. The zero-order chi connectivity index (χ0) is 17.1. The Kier molecular flexibility index (Phi) is 4.99. The lowest BCUT2D eigenvalue weighted by molar-refractivity contribution is -0.131. The smallest absolute Gasteiger partial charge is 0.222 e. The lowest BCUT2D eigenvalue weighted by atomic mass is 10.1. The molecule has 0 aromatic carbocycles. The van der Waals surface area contributed by atoms with Crippen LogP contribution in [0, 0.1) is 6.92 Å². The second-order valence-electron chi connectivity index (χ2n) is 6.52. The van der Waals surface area contributed by atoms with Crippen LogP contribution >= 0.6 is 0 Å². The number of rotatable bonds is 4. The summed E-state index contributed by atoms with van der Waals surface area (Å²) in [6, 6.07) is -0.00846. The van der Waals surface area contributed by atoms with Crippen LogP contribution in [0.15, 0.2) is 24.9 Å². The largest absolute Gasteiger partial charge is 0.391 e. The zero-order valence-corrected chi connectivity index (χ0v) is 14.3. The first-order chi connectivity index (χ1) is 11.5. The Morgan fingerprint density at radius 1 is 1.38 bits per heavy atom. The van der Waals surface area contributed by atoms with E-state index in [1.807, 2.05) is 35.8 Å². The Labute approximate surface area is 141 Å². The van der Waals surface area contributed by atoms with Gasteiger partial charge in [0.25, 0.3) is 0 Å². The second kappa shape index (κ2) is 7.17. The molecule has 24 heavy (non-hydrogen) atoms. The number of hydrogen-bond acceptors (Lipinski definition) is 4. The number of amides is 1. The van der Waals surface area contributed by atoms with Gasteiger partial charge in [0, 0.05) is 45.1 Å². The Morgan fingerprint density at radius 2 is 2.17 bits per heavy atom. The van der Waals surface area contributed by atoms with Crippen molar-refractivity contribution in [2.24, 2.45) is 7.05 Å². The molecule has 130 valence electrons. The highest BCUT2D eigenvalue weighted by molar-refractivity contribution is 5.76. The van der Waals surface area contributed by atoms with E-state index in [1.165, 1.54) is 0 Å². The third kappa shape index (κ3) is 3.67. The average molecular weight is 331 g/mol. The molecular weight excluding hydrogens is 306 g/mol. The van der Waals surface area contributed by atoms with E-state index in [2.05, 4.69) is 10.1 Å². The molecule has 7 heteroatoms. The highest BCUT2D eigenvalue weighted by atomic mass is 16.3. The minimum atomic E-state index is -0.447. The molecule has 3 rings (SSSR count). The summed E-state index contributed by atoms with van der Waals surface area (Å²) >= 11 is 0. The van der Waals surface area contributed by atoms with Crippen molar-refractivity contribution in [2.45, 2.75) is 44.8 Å². The van der Waals surface area contributed by atoms with Gasteiger partial charge in [-0.3, -0.25) is 9.48 Å². The number of imidazole rings is 1. The Hall–Kier alpha value is -2.15. The van der Waals surface area contributed by atoms with Crippen LogP contribution in [0.25, 0.3) is 0 Å². The lowest BCUT2D eigenvalue weighted by Crippen LogP contribution is -2.32. The van der Waals surface area contributed by atoms with Crippen molar-refractivity contribution in [3.05, 3.63) is 36.2 Å². The van der Waals surface area contributed by atoms with E-state index in [-0.39, 0.29) is 11.9 Å². The van der Waals surface area contributed by atoms with Crippen LogP contribution in [0.4, 0.5) is 0 Å². The van der Waals surface area contributed by atoms with Crippen LogP contribution in [0.2, 0.25) is 0 Å². The fraction of sp³-hybridized carbons (Fsp3) is 0.588. The second-order valence-corrected chi connectivity index (χ2v) is 6.52. The van der Waals surface area contributed by atoms with E-state index in [9.17, 15) is 9.90 Å². The molecular formula is C17H25N5O2. The van der Waals surface area contributed by atoms with Crippen molar-refractivity contribution in [3.63, 3.8) is 0 Å². The maximum atomic E-state index is 12.5. The molecule has 1 N–H and O–H groups in total. The van der Waals surface area contributed by atoms with E-state index in [0.29, 0.717) is 32.4 Å². The molecule has 0 radical (unpaired) electrons. The molecule has 1 aliphatic heterocycles. The number of hydrogen-bond donors (Lipinski definition) is 1. The molecule has 0 bridgehead atoms. The number of carbonyl (C=O) groups excluding carboxylic acids is 1. The van der Waals surface area contributed by atoms with Crippen molar-refractivity contribution < 1.29 is 9.90 Å².